The van der Waals surface area contributed by atoms with Gasteiger partial charge in [-0.05, 0) is 36.8 Å². The predicted molar refractivity (Wildman–Crippen MR) is 107 cm³/mol. The Bertz CT molecular complexity index is 1100. The van der Waals surface area contributed by atoms with Gasteiger partial charge in [-0.15, -0.1) is 0 Å². The smallest absolute Gasteiger partial charge is 0.265 e. The molecule has 30 heavy (non-hydrogen) atoms. The molecule has 0 saturated heterocycles. The molecule has 0 fully saturated rings. The van der Waals surface area contributed by atoms with E-state index < -0.39 is 12.5 Å². The summed E-state index contributed by atoms with van der Waals surface area (Å²) in [5.74, 6) is 0.745. The van der Waals surface area contributed by atoms with E-state index in [9.17, 15) is 8.78 Å². The number of amidine groups is 1. The van der Waals surface area contributed by atoms with Crippen molar-refractivity contribution in [3.63, 3.8) is 0 Å². The normalized spacial score (nSPS) is 16.3. The number of methoxy groups -OCH3 is 1. The van der Waals surface area contributed by atoms with Gasteiger partial charge in [-0.3, -0.25) is 9.83 Å². The van der Waals surface area contributed by atoms with Crippen molar-refractivity contribution in [2.75, 3.05) is 13.7 Å². The van der Waals surface area contributed by atoms with Crippen LogP contribution in [-0.2, 0) is 4.84 Å². The molecule has 1 aliphatic rings. The Labute approximate surface area is 176 Å². The van der Waals surface area contributed by atoms with E-state index in [4.69, 9.17) is 21.2 Å². The zero-order valence-corrected chi connectivity index (χ0v) is 16.9. The van der Waals surface area contributed by atoms with E-state index in [1.807, 2.05) is 19.2 Å². The quantitative estimate of drug-likeness (QED) is 0.653. The van der Waals surface area contributed by atoms with Gasteiger partial charge in [-0.1, -0.05) is 17.7 Å². The average Bonchev–Trinajstić information content (AvgIpc) is 3.19. The first-order valence-corrected chi connectivity index (χ1v) is 9.43. The summed E-state index contributed by atoms with van der Waals surface area (Å²) in [6.07, 6.45) is 0.856. The fourth-order valence-electron chi connectivity index (χ4n) is 3.10. The Morgan fingerprint density at radius 3 is 2.83 bits per heavy atom. The van der Waals surface area contributed by atoms with Crippen molar-refractivity contribution < 1.29 is 18.4 Å². The van der Waals surface area contributed by atoms with Crippen LogP contribution in [0.4, 0.5) is 8.78 Å². The van der Waals surface area contributed by atoms with Crippen LogP contribution >= 0.6 is 11.6 Å². The second kappa shape index (κ2) is 8.37. The Kier molecular flexibility index (Phi) is 5.65. The largest absolute Gasteiger partial charge is 0.479 e. The standard InChI is InChI=1S/C20H18ClF2N5O2/c1-11-8-28(10-24-11)17-6-5-15(26-20(17)29-2)19-25-16(9-30-27-19)12-3-4-14(21)13(7-12)18(22)23/h3-8,10,16,18H,9H2,1-2H3,(H,25,27). The summed E-state index contributed by atoms with van der Waals surface area (Å²) in [5, 5.41) is 0.0181. The number of aryl methyl sites for hydroxylation is 1. The fourth-order valence-corrected chi connectivity index (χ4v) is 3.30. The number of pyridine rings is 1. The van der Waals surface area contributed by atoms with Gasteiger partial charge in [0.2, 0.25) is 5.88 Å². The third-order valence-corrected chi connectivity index (χ3v) is 4.95. The number of ether oxygens (including phenoxy) is 1. The van der Waals surface area contributed by atoms with Crippen LogP contribution in [-0.4, -0.2) is 34.1 Å². The summed E-state index contributed by atoms with van der Waals surface area (Å²) in [4.78, 5) is 18.7. The summed E-state index contributed by atoms with van der Waals surface area (Å²) in [7, 11) is 1.52. The van der Waals surface area contributed by atoms with Crippen molar-refractivity contribution >= 4 is 17.4 Å². The van der Waals surface area contributed by atoms with Crippen LogP contribution in [0.3, 0.4) is 0 Å². The molecule has 0 amide bonds. The maximum atomic E-state index is 13.2. The lowest BCUT2D eigenvalue weighted by Crippen LogP contribution is -2.33. The molecule has 1 unspecified atom stereocenters. The van der Waals surface area contributed by atoms with E-state index in [0.29, 0.717) is 23.0 Å². The number of benzene rings is 1. The van der Waals surface area contributed by atoms with Crippen LogP contribution in [0, 0.1) is 6.92 Å². The number of aromatic nitrogens is 3. The first kappa shape index (κ1) is 20.2. The number of hydroxylamine groups is 1. The monoisotopic (exact) mass is 433 g/mol. The van der Waals surface area contributed by atoms with Gasteiger partial charge in [0.15, 0.2) is 5.84 Å². The molecule has 0 spiro atoms. The number of rotatable bonds is 5. The van der Waals surface area contributed by atoms with E-state index in [1.165, 1.54) is 19.2 Å². The molecule has 156 valence electrons. The zero-order valence-electron chi connectivity index (χ0n) is 16.1. The molecule has 7 nitrogen and oxygen atoms in total. The van der Waals surface area contributed by atoms with E-state index >= 15 is 0 Å². The number of halogens is 3. The highest BCUT2D eigenvalue weighted by molar-refractivity contribution is 6.31. The van der Waals surface area contributed by atoms with Crippen LogP contribution < -0.4 is 10.2 Å². The third-order valence-electron chi connectivity index (χ3n) is 4.60. The lowest BCUT2D eigenvalue weighted by molar-refractivity contribution is 0.0619. The summed E-state index contributed by atoms with van der Waals surface area (Å²) >= 11 is 5.87. The number of aliphatic imine (C=N–C) groups is 1. The molecule has 0 bridgehead atoms. The number of nitrogens with one attached hydrogen (secondary N) is 1. The molecule has 1 aromatic carbocycles. The first-order chi connectivity index (χ1) is 14.5. The number of hydrogen-bond donors (Lipinski definition) is 1. The second-order valence-corrected chi connectivity index (χ2v) is 7.04. The average molecular weight is 434 g/mol. The maximum absolute atomic E-state index is 13.2. The number of nitrogens with zero attached hydrogens (tertiary/aromatic N) is 4. The number of alkyl halides is 2. The van der Waals surface area contributed by atoms with Gasteiger partial charge in [-0.2, -0.15) is 0 Å². The summed E-state index contributed by atoms with van der Waals surface area (Å²) in [5.41, 5.74) is 5.15. The summed E-state index contributed by atoms with van der Waals surface area (Å²) in [6, 6.07) is 7.56. The molecule has 1 atom stereocenters. The molecule has 4 rings (SSSR count). The minimum Gasteiger partial charge on any atom is -0.479 e. The highest BCUT2D eigenvalue weighted by Gasteiger charge is 2.22. The van der Waals surface area contributed by atoms with Gasteiger partial charge in [0.05, 0.1) is 19.1 Å². The lowest BCUT2D eigenvalue weighted by atomic mass is 10.0. The molecule has 10 heteroatoms. The molecular formula is C20H18ClF2N5O2. The van der Waals surface area contributed by atoms with Crippen LogP contribution in [0.25, 0.3) is 5.69 Å². The predicted octanol–water partition coefficient (Wildman–Crippen LogP) is 4.20. The van der Waals surface area contributed by atoms with Gasteiger partial charge >= 0.3 is 0 Å². The molecule has 1 N–H and O–H groups in total. The minimum atomic E-state index is -2.67. The summed E-state index contributed by atoms with van der Waals surface area (Å²) in [6.45, 7) is 2.07. The topological polar surface area (TPSA) is 73.6 Å². The minimum absolute atomic E-state index is 0.0181. The molecule has 2 aromatic heterocycles. The highest BCUT2D eigenvalue weighted by Crippen LogP contribution is 2.31. The Hall–Kier alpha value is -3.04. The third kappa shape index (κ3) is 3.99. The Morgan fingerprint density at radius 2 is 2.13 bits per heavy atom. The van der Waals surface area contributed by atoms with Crippen molar-refractivity contribution in [2.45, 2.75) is 19.4 Å². The van der Waals surface area contributed by atoms with Crippen molar-refractivity contribution in [3.05, 3.63) is 70.4 Å². The first-order valence-electron chi connectivity index (χ1n) is 9.05. The van der Waals surface area contributed by atoms with E-state index in [1.54, 1.807) is 23.0 Å². The van der Waals surface area contributed by atoms with Crippen LogP contribution in [0.2, 0.25) is 5.02 Å². The second-order valence-electron chi connectivity index (χ2n) is 6.64. The lowest BCUT2D eigenvalue weighted by Gasteiger charge is -2.23. The molecule has 0 radical (unpaired) electrons. The van der Waals surface area contributed by atoms with Crippen molar-refractivity contribution in [1.29, 1.82) is 0 Å². The van der Waals surface area contributed by atoms with Crippen molar-refractivity contribution in [1.82, 2.24) is 20.0 Å². The molecule has 0 aliphatic carbocycles. The SMILES string of the molecule is COc1nc(C2=NC(c3ccc(Cl)c(C(F)F)c3)CON2)ccc1-n1cnc(C)c1. The van der Waals surface area contributed by atoms with Gasteiger partial charge in [0, 0.05) is 16.8 Å². The fraction of sp³-hybridized carbons (Fsp3) is 0.250. The van der Waals surface area contributed by atoms with Crippen LogP contribution in [0.15, 0.2) is 47.8 Å². The Morgan fingerprint density at radius 1 is 1.30 bits per heavy atom. The molecule has 3 heterocycles. The van der Waals surface area contributed by atoms with Crippen molar-refractivity contribution in [3.8, 4) is 11.6 Å². The summed E-state index contributed by atoms with van der Waals surface area (Å²) < 4.78 is 33.6. The van der Waals surface area contributed by atoms with Gasteiger partial charge in [-0.25, -0.2) is 24.2 Å². The van der Waals surface area contributed by atoms with E-state index in [2.05, 4.69) is 20.4 Å². The Balaban J connectivity index is 1.67. The number of hydrogen-bond acceptors (Lipinski definition) is 6. The van der Waals surface area contributed by atoms with Crippen LogP contribution in [0.1, 0.15) is 35.0 Å². The highest BCUT2D eigenvalue weighted by atomic mass is 35.5. The molecule has 0 saturated carbocycles. The molecule has 3 aromatic rings. The van der Waals surface area contributed by atoms with Gasteiger partial charge in [0.25, 0.3) is 6.43 Å². The van der Waals surface area contributed by atoms with Gasteiger partial charge in [0.1, 0.15) is 24.0 Å². The number of imidazole rings is 1. The molecular weight excluding hydrogens is 416 g/mol. The van der Waals surface area contributed by atoms with E-state index in [-0.39, 0.29) is 17.2 Å². The van der Waals surface area contributed by atoms with E-state index in [0.717, 1.165) is 11.4 Å². The van der Waals surface area contributed by atoms with Crippen LogP contribution in [0.5, 0.6) is 5.88 Å². The zero-order chi connectivity index (χ0) is 21.3. The maximum Gasteiger partial charge on any atom is 0.265 e. The molecule has 1 aliphatic heterocycles. The van der Waals surface area contributed by atoms with Crippen molar-refractivity contribution in [2.24, 2.45) is 4.99 Å². The van der Waals surface area contributed by atoms with Gasteiger partial charge < -0.3 is 9.30 Å².